The maximum atomic E-state index is 10.6. The molecular formula is C10H14O3. The van der Waals surface area contributed by atoms with E-state index in [-0.39, 0.29) is 6.10 Å². The monoisotopic (exact) mass is 182 g/mol. The molecule has 0 unspecified atom stereocenters. The highest BCUT2D eigenvalue weighted by atomic mass is 16.8. The molecule has 1 aliphatic rings. The van der Waals surface area contributed by atoms with Crippen LogP contribution in [0.3, 0.4) is 0 Å². The number of carbonyl (C=O) groups is 1. The summed E-state index contributed by atoms with van der Waals surface area (Å²) in [5.41, 5.74) is 0. The number of ether oxygens (including phenoxy) is 2. The minimum absolute atomic E-state index is 0.191. The predicted molar refractivity (Wildman–Crippen MR) is 48.0 cm³/mol. The van der Waals surface area contributed by atoms with Crippen molar-refractivity contribution in [2.24, 2.45) is 0 Å². The highest BCUT2D eigenvalue weighted by Crippen LogP contribution is 2.29. The van der Waals surface area contributed by atoms with Crippen LogP contribution in [-0.4, -0.2) is 24.3 Å². The standard InChI is InChI=1S/C10H14O3/c1-4-5-6-8-9(7-11)13-10(2,3)12-8/h1,7-9H,5-6H2,2-3H3/t8-,9-/m0/s1. The molecule has 0 aromatic heterocycles. The average Bonchev–Trinajstić information content (AvgIpc) is 2.37. The quantitative estimate of drug-likeness (QED) is 0.484. The summed E-state index contributed by atoms with van der Waals surface area (Å²) in [5, 5.41) is 0. The maximum absolute atomic E-state index is 10.6. The van der Waals surface area contributed by atoms with Crippen molar-refractivity contribution < 1.29 is 14.3 Å². The van der Waals surface area contributed by atoms with Gasteiger partial charge in [-0.25, -0.2) is 0 Å². The Kier molecular flexibility index (Phi) is 3.07. The summed E-state index contributed by atoms with van der Waals surface area (Å²) < 4.78 is 10.9. The average molecular weight is 182 g/mol. The molecule has 1 heterocycles. The van der Waals surface area contributed by atoms with E-state index < -0.39 is 11.9 Å². The third-order valence-corrected chi connectivity index (χ3v) is 1.93. The highest BCUT2D eigenvalue weighted by molar-refractivity contribution is 5.57. The lowest BCUT2D eigenvalue weighted by Gasteiger charge is -2.16. The fourth-order valence-electron chi connectivity index (χ4n) is 1.43. The van der Waals surface area contributed by atoms with E-state index in [1.165, 1.54) is 0 Å². The van der Waals surface area contributed by atoms with E-state index in [0.29, 0.717) is 12.8 Å². The summed E-state index contributed by atoms with van der Waals surface area (Å²) in [4.78, 5) is 10.6. The van der Waals surface area contributed by atoms with Gasteiger partial charge in [0.1, 0.15) is 6.10 Å². The summed E-state index contributed by atoms with van der Waals surface area (Å²) in [7, 11) is 0. The van der Waals surface area contributed by atoms with E-state index in [0.717, 1.165) is 6.29 Å². The highest BCUT2D eigenvalue weighted by Gasteiger charge is 2.40. The van der Waals surface area contributed by atoms with Gasteiger partial charge in [0, 0.05) is 6.42 Å². The van der Waals surface area contributed by atoms with Gasteiger partial charge >= 0.3 is 0 Å². The van der Waals surface area contributed by atoms with E-state index in [9.17, 15) is 4.79 Å². The Hall–Kier alpha value is -0.850. The Morgan fingerprint density at radius 3 is 2.77 bits per heavy atom. The van der Waals surface area contributed by atoms with Crippen LogP contribution in [0, 0.1) is 12.3 Å². The van der Waals surface area contributed by atoms with Crippen molar-refractivity contribution in [3.8, 4) is 12.3 Å². The van der Waals surface area contributed by atoms with Gasteiger partial charge in [-0.2, -0.15) is 0 Å². The number of terminal acetylenes is 1. The van der Waals surface area contributed by atoms with Crippen molar-refractivity contribution in [1.29, 1.82) is 0 Å². The van der Waals surface area contributed by atoms with E-state index in [2.05, 4.69) is 5.92 Å². The van der Waals surface area contributed by atoms with Crippen molar-refractivity contribution in [3.05, 3.63) is 0 Å². The molecule has 13 heavy (non-hydrogen) atoms. The Labute approximate surface area is 78.4 Å². The summed E-state index contributed by atoms with van der Waals surface area (Å²) >= 11 is 0. The molecule has 3 heteroatoms. The van der Waals surface area contributed by atoms with E-state index in [1.54, 1.807) is 13.8 Å². The summed E-state index contributed by atoms with van der Waals surface area (Å²) in [6.45, 7) is 3.58. The third kappa shape index (κ3) is 2.55. The molecular weight excluding hydrogens is 168 g/mol. The van der Waals surface area contributed by atoms with Crippen molar-refractivity contribution >= 4 is 6.29 Å². The molecule has 0 saturated carbocycles. The zero-order valence-corrected chi connectivity index (χ0v) is 7.95. The van der Waals surface area contributed by atoms with Gasteiger partial charge in [0.25, 0.3) is 0 Å². The minimum Gasteiger partial charge on any atom is -0.344 e. The molecule has 1 rings (SSSR count). The van der Waals surface area contributed by atoms with Crippen LogP contribution in [0.2, 0.25) is 0 Å². The van der Waals surface area contributed by atoms with Gasteiger partial charge in [0.2, 0.25) is 0 Å². The van der Waals surface area contributed by atoms with Gasteiger partial charge in [0.05, 0.1) is 6.10 Å². The first kappa shape index (κ1) is 10.2. The first-order valence-corrected chi connectivity index (χ1v) is 4.33. The zero-order valence-electron chi connectivity index (χ0n) is 7.95. The van der Waals surface area contributed by atoms with Gasteiger partial charge in [-0.15, -0.1) is 12.3 Å². The molecule has 0 bridgehead atoms. The van der Waals surface area contributed by atoms with Crippen LogP contribution in [-0.2, 0) is 14.3 Å². The predicted octanol–water partition coefficient (Wildman–Crippen LogP) is 1.12. The molecule has 0 aromatic carbocycles. The molecule has 0 spiro atoms. The molecule has 0 aromatic rings. The number of carbonyl (C=O) groups excluding carboxylic acids is 1. The van der Waals surface area contributed by atoms with Crippen LogP contribution in [0.1, 0.15) is 26.7 Å². The Morgan fingerprint density at radius 2 is 2.23 bits per heavy atom. The van der Waals surface area contributed by atoms with Gasteiger partial charge in [-0.05, 0) is 20.3 Å². The molecule has 0 radical (unpaired) electrons. The van der Waals surface area contributed by atoms with Crippen molar-refractivity contribution in [2.75, 3.05) is 0 Å². The maximum Gasteiger partial charge on any atom is 0.164 e. The lowest BCUT2D eigenvalue weighted by Crippen LogP contribution is -2.23. The largest absolute Gasteiger partial charge is 0.344 e. The second-order valence-electron chi connectivity index (χ2n) is 3.52. The van der Waals surface area contributed by atoms with Crippen molar-refractivity contribution in [3.63, 3.8) is 0 Å². The topological polar surface area (TPSA) is 35.5 Å². The lowest BCUT2D eigenvalue weighted by atomic mass is 10.1. The lowest BCUT2D eigenvalue weighted by molar-refractivity contribution is -0.150. The Morgan fingerprint density at radius 1 is 1.54 bits per heavy atom. The van der Waals surface area contributed by atoms with Gasteiger partial charge in [-0.1, -0.05) is 0 Å². The molecule has 0 amide bonds. The van der Waals surface area contributed by atoms with Crippen molar-refractivity contribution in [1.82, 2.24) is 0 Å². The second kappa shape index (κ2) is 3.91. The third-order valence-electron chi connectivity index (χ3n) is 1.93. The van der Waals surface area contributed by atoms with Gasteiger partial charge in [-0.3, -0.25) is 0 Å². The molecule has 1 fully saturated rings. The molecule has 72 valence electrons. The van der Waals surface area contributed by atoms with E-state index in [4.69, 9.17) is 15.9 Å². The van der Waals surface area contributed by atoms with Crippen LogP contribution < -0.4 is 0 Å². The fraction of sp³-hybridized carbons (Fsp3) is 0.700. The summed E-state index contributed by atoms with van der Waals surface area (Å²) in [6, 6.07) is 0. The van der Waals surface area contributed by atoms with Gasteiger partial charge in [0.15, 0.2) is 12.1 Å². The van der Waals surface area contributed by atoms with E-state index in [1.807, 2.05) is 0 Å². The SMILES string of the molecule is C#CCC[C@@H]1OC(C)(C)O[C@H]1C=O. The molecule has 3 nitrogen and oxygen atoms in total. The zero-order chi connectivity index (χ0) is 9.90. The van der Waals surface area contributed by atoms with Crippen LogP contribution in [0.25, 0.3) is 0 Å². The molecule has 1 saturated heterocycles. The van der Waals surface area contributed by atoms with Crippen LogP contribution in [0.15, 0.2) is 0 Å². The van der Waals surface area contributed by atoms with Crippen LogP contribution >= 0.6 is 0 Å². The first-order chi connectivity index (χ1) is 6.09. The minimum atomic E-state index is -0.662. The molecule has 0 N–H and O–H groups in total. The molecule has 2 atom stereocenters. The number of hydrogen-bond donors (Lipinski definition) is 0. The van der Waals surface area contributed by atoms with Crippen molar-refractivity contribution in [2.45, 2.75) is 44.7 Å². The Balaban J connectivity index is 2.54. The molecule has 0 aliphatic carbocycles. The van der Waals surface area contributed by atoms with Crippen LogP contribution in [0.5, 0.6) is 0 Å². The Bertz CT molecular complexity index is 227. The number of hydrogen-bond acceptors (Lipinski definition) is 3. The smallest absolute Gasteiger partial charge is 0.164 e. The molecule has 1 aliphatic heterocycles. The summed E-state index contributed by atoms with van der Waals surface area (Å²) in [5.74, 6) is 1.85. The normalized spacial score (nSPS) is 31.2. The second-order valence-corrected chi connectivity index (χ2v) is 3.52. The van der Waals surface area contributed by atoms with Gasteiger partial charge < -0.3 is 14.3 Å². The first-order valence-electron chi connectivity index (χ1n) is 4.33. The number of aldehydes is 1. The number of rotatable bonds is 3. The van der Waals surface area contributed by atoms with E-state index >= 15 is 0 Å². The fourth-order valence-corrected chi connectivity index (χ4v) is 1.43. The summed E-state index contributed by atoms with van der Waals surface area (Å²) in [6.07, 6.45) is 6.52. The van der Waals surface area contributed by atoms with Crippen LogP contribution in [0.4, 0.5) is 0 Å².